The Morgan fingerprint density at radius 3 is 1.70 bits per heavy atom. The van der Waals surface area contributed by atoms with Crippen LogP contribution in [0, 0.1) is 5.92 Å². The maximum absolute atomic E-state index is 11.4. The van der Waals surface area contributed by atoms with Gasteiger partial charge in [0.05, 0.1) is 4.90 Å². The molecule has 0 bridgehead atoms. The molecule has 3 nitrogen and oxygen atoms in total. The highest BCUT2D eigenvalue weighted by Crippen LogP contribution is 2.11. The van der Waals surface area contributed by atoms with Gasteiger partial charge in [0.2, 0.25) is 0 Å². The first-order valence-corrected chi connectivity index (χ1v) is 9.81. The van der Waals surface area contributed by atoms with E-state index in [4.69, 9.17) is 0 Å². The molecule has 0 aliphatic rings. The van der Waals surface area contributed by atoms with Gasteiger partial charge >= 0.3 is 0 Å². The van der Waals surface area contributed by atoms with E-state index >= 15 is 0 Å². The summed E-state index contributed by atoms with van der Waals surface area (Å²) < 4.78 is 22.8. The third-order valence-electron chi connectivity index (χ3n) is 3.68. The van der Waals surface area contributed by atoms with E-state index in [1.54, 1.807) is 12.1 Å². The highest BCUT2D eigenvalue weighted by atomic mass is 32.2. The number of hydrogen-bond acceptors (Lipinski definition) is 3. The van der Waals surface area contributed by atoms with Gasteiger partial charge in [0.1, 0.15) is 0 Å². The molecule has 0 aliphatic carbocycles. The molecule has 2 aromatic rings. The van der Waals surface area contributed by atoms with E-state index in [2.05, 4.69) is 43.4 Å². The number of rotatable bonds is 7. The van der Waals surface area contributed by atoms with E-state index in [0.29, 0.717) is 10.8 Å². The van der Waals surface area contributed by atoms with Crippen LogP contribution < -0.4 is 5.32 Å². The molecule has 0 saturated heterocycles. The van der Waals surface area contributed by atoms with E-state index in [9.17, 15) is 8.42 Å². The second-order valence-electron chi connectivity index (χ2n) is 6.43. The molecule has 0 aromatic heterocycles. The fraction of sp³-hybridized carbons (Fsp3) is 0.368. The molecule has 2 aromatic carbocycles. The van der Waals surface area contributed by atoms with Gasteiger partial charge in [0, 0.05) is 19.3 Å². The van der Waals surface area contributed by atoms with Crippen molar-refractivity contribution in [2.24, 2.45) is 5.92 Å². The fourth-order valence-electron chi connectivity index (χ4n) is 2.47. The van der Waals surface area contributed by atoms with Crippen molar-refractivity contribution in [2.45, 2.75) is 38.3 Å². The Bertz CT molecular complexity index is 717. The average Bonchev–Trinajstić information content (AvgIpc) is 2.48. The molecule has 0 spiro atoms. The fourth-order valence-corrected chi connectivity index (χ4v) is 3.10. The first-order chi connectivity index (χ1) is 10.8. The second-order valence-corrected chi connectivity index (χ2v) is 8.45. The van der Waals surface area contributed by atoms with Gasteiger partial charge in [-0.2, -0.15) is 0 Å². The van der Waals surface area contributed by atoms with E-state index in [1.165, 1.54) is 17.4 Å². The maximum atomic E-state index is 11.4. The van der Waals surface area contributed by atoms with Crippen LogP contribution in [0.4, 0.5) is 0 Å². The third-order valence-corrected chi connectivity index (χ3v) is 4.81. The van der Waals surface area contributed by atoms with Gasteiger partial charge in [-0.15, -0.1) is 0 Å². The molecule has 4 heteroatoms. The number of hydrogen-bond donors (Lipinski definition) is 1. The lowest BCUT2D eigenvalue weighted by atomic mass is 10.0. The predicted octanol–water partition coefficient (Wildman–Crippen LogP) is 3.58. The minimum absolute atomic E-state index is 0.363. The van der Waals surface area contributed by atoms with Crippen LogP contribution in [0.1, 0.15) is 30.5 Å². The van der Waals surface area contributed by atoms with Crippen LogP contribution in [-0.2, 0) is 29.3 Å². The van der Waals surface area contributed by atoms with E-state index in [1.807, 2.05) is 12.1 Å². The maximum Gasteiger partial charge on any atom is 0.175 e. The van der Waals surface area contributed by atoms with E-state index in [0.717, 1.165) is 25.1 Å². The monoisotopic (exact) mass is 331 g/mol. The van der Waals surface area contributed by atoms with Crippen LogP contribution >= 0.6 is 0 Å². The quantitative estimate of drug-likeness (QED) is 0.843. The summed E-state index contributed by atoms with van der Waals surface area (Å²) >= 11 is 0. The minimum Gasteiger partial charge on any atom is -0.309 e. The predicted molar refractivity (Wildman–Crippen MR) is 95.1 cm³/mol. The Morgan fingerprint density at radius 2 is 1.26 bits per heavy atom. The van der Waals surface area contributed by atoms with Crippen LogP contribution in [-0.4, -0.2) is 14.7 Å². The highest BCUT2D eigenvalue weighted by molar-refractivity contribution is 7.90. The third kappa shape index (κ3) is 5.81. The molecule has 124 valence electrons. The zero-order valence-corrected chi connectivity index (χ0v) is 14.9. The van der Waals surface area contributed by atoms with Crippen LogP contribution in [0.2, 0.25) is 0 Å². The van der Waals surface area contributed by atoms with Gasteiger partial charge in [-0.25, -0.2) is 8.42 Å². The molecule has 0 radical (unpaired) electrons. The molecular weight excluding hydrogens is 306 g/mol. The molecule has 0 atom stereocenters. The summed E-state index contributed by atoms with van der Waals surface area (Å²) in [6.07, 6.45) is 2.34. The van der Waals surface area contributed by atoms with Gasteiger partial charge in [-0.05, 0) is 41.2 Å². The normalized spacial score (nSPS) is 11.8. The van der Waals surface area contributed by atoms with Crippen molar-refractivity contribution in [3.8, 4) is 0 Å². The molecule has 23 heavy (non-hydrogen) atoms. The smallest absolute Gasteiger partial charge is 0.175 e. The number of nitrogens with one attached hydrogen (secondary N) is 1. The van der Waals surface area contributed by atoms with E-state index in [-0.39, 0.29) is 0 Å². The van der Waals surface area contributed by atoms with Crippen molar-refractivity contribution < 1.29 is 8.42 Å². The molecule has 0 heterocycles. The van der Waals surface area contributed by atoms with Crippen LogP contribution in [0.5, 0.6) is 0 Å². The standard InChI is InChI=1S/C19H25NO2S/c1-15(2)12-16-4-6-17(7-5-16)13-20-14-18-8-10-19(11-9-18)23(3,21)22/h4-11,15,20H,12-14H2,1-3H3. The molecule has 0 amide bonds. The van der Waals surface area contributed by atoms with Crippen LogP contribution in [0.15, 0.2) is 53.4 Å². The second kappa shape index (κ2) is 7.75. The summed E-state index contributed by atoms with van der Waals surface area (Å²) in [5, 5.41) is 3.39. The highest BCUT2D eigenvalue weighted by Gasteiger charge is 2.05. The summed E-state index contributed by atoms with van der Waals surface area (Å²) in [4.78, 5) is 0.363. The summed E-state index contributed by atoms with van der Waals surface area (Å²) in [6, 6.07) is 15.7. The summed E-state index contributed by atoms with van der Waals surface area (Å²) in [7, 11) is -3.12. The van der Waals surface area contributed by atoms with Crippen molar-refractivity contribution in [3.05, 3.63) is 65.2 Å². The van der Waals surface area contributed by atoms with Crippen molar-refractivity contribution in [3.63, 3.8) is 0 Å². The number of sulfone groups is 1. The Balaban J connectivity index is 1.85. The number of benzene rings is 2. The van der Waals surface area contributed by atoms with Crippen molar-refractivity contribution in [2.75, 3.05) is 6.26 Å². The van der Waals surface area contributed by atoms with Gasteiger partial charge in [-0.3, -0.25) is 0 Å². The van der Waals surface area contributed by atoms with Crippen molar-refractivity contribution >= 4 is 9.84 Å². The Hall–Kier alpha value is -1.65. The molecular formula is C19H25NO2S. The SMILES string of the molecule is CC(C)Cc1ccc(CNCc2ccc(S(C)(=O)=O)cc2)cc1. The van der Waals surface area contributed by atoms with Crippen molar-refractivity contribution in [1.82, 2.24) is 5.32 Å². The van der Waals surface area contributed by atoms with E-state index < -0.39 is 9.84 Å². The average molecular weight is 331 g/mol. The zero-order chi connectivity index (χ0) is 16.9. The lowest BCUT2D eigenvalue weighted by molar-refractivity contribution is 0.601. The Kier molecular flexibility index (Phi) is 5.97. The Morgan fingerprint density at radius 1 is 0.826 bits per heavy atom. The zero-order valence-electron chi connectivity index (χ0n) is 14.0. The summed E-state index contributed by atoms with van der Waals surface area (Å²) in [5.74, 6) is 0.675. The molecule has 0 saturated carbocycles. The van der Waals surface area contributed by atoms with Crippen molar-refractivity contribution in [1.29, 1.82) is 0 Å². The summed E-state index contributed by atoms with van der Waals surface area (Å²) in [6.45, 7) is 5.97. The first kappa shape index (κ1) is 17.7. The molecule has 0 aliphatic heterocycles. The largest absolute Gasteiger partial charge is 0.309 e. The summed E-state index contributed by atoms with van der Waals surface area (Å²) in [5.41, 5.74) is 3.71. The van der Waals surface area contributed by atoms with Gasteiger partial charge in [-0.1, -0.05) is 50.2 Å². The van der Waals surface area contributed by atoms with Gasteiger partial charge in [0.25, 0.3) is 0 Å². The first-order valence-electron chi connectivity index (χ1n) is 7.92. The van der Waals surface area contributed by atoms with Crippen LogP contribution in [0.25, 0.3) is 0 Å². The minimum atomic E-state index is -3.12. The lowest BCUT2D eigenvalue weighted by Crippen LogP contribution is -2.12. The lowest BCUT2D eigenvalue weighted by Gasteiger charge is -2.08. The van der Waals surface area contributed by atoms with Crippen LogP contribution in [0.3, 0.4) is 0 Å². The van der Waals surface area contributed by atoms with Gasteiger partial charge in [0.15, 0.2) is 9.84 Å². The Labute approximate surface area is 139 Å². The topological polar surface area (TPSA) is 46.2 Å². The molecule has 0 unspecified atom stereocenters. The van der Waals surface area contributed by atoms with Gasteiger partial charge < -0.3 is 5.32 Å². The molecule has 0 fully saturated rings. The molecule has 1 N–H and O–H groups in total. The molecule has 2 rings (SSSR count).